The summed E-state index contributed by atoms with van der Waals surface area (Å²) >= 11 is 0. The van der Waals surface area contributed by atoms with E-state index in [2.05, 4.69) is 15.6 Å². The van der Waals surface area contributed by atoms with Gasteiger partial charge in [0.25, 0.3) is 0 Å². The maximum Gasteiger partial charge on any atom is 0.220 e. The summed E-state index contributed by atoms with van der Waals surface area (Å²) in [7, 11) is 1.93. The van der Waals surface area contributed by atoms with Crippen LogP contribution in [0.3, 0.4) is 0 Å². The first kappa shape index (κ1) is 16.4. The molecule has 2 N–H and O–H groups in total. The summed E-state index contributed by atoms with van der Waals surface area (Å²) < 4.78 is 14.8. The average Bonchev–Trinajstić information content (AvgIpc) is 3.00. The molecule has 1 fully saturated rings. The van der Waals surface area contributed by atoms with Gasteiger partial charge in [-0.05, 0) is 24.1 Å². The van der Waals surface area contributed by atoms with Crippen LogP contribution in [0.5, 0.6) is 0 Å². The van der Waals surface area contributed by atoms with Crippen molar-refractivity contribution in [1.82, 2.24) is 20.2 Å². The lowest BCUT2D eigenvalue weighted by molar-refractivity contribution is -0.124. The number of hydrogen-bond acceptors (Lipinski definition) is 3. The van der Waals surface area contributed by atoms with E-state index < -0.39 is 0 Å². The van der Waals surface area contributed by atoms with Gasteiger partial charge >= 0.3 is 0 Å². The molecule has 24 heavy (non-hydrogen) atoms. The molecule has 0 aliphatic carbocycles. The smallest absolute Gasteiger partial charge is 0.220 e. The molecule has 0 radical (unpaired) electrons. The fourth-order valence-corrected chi connectivity index (χ4v) is 2.93. The maximum absolute atomic E-state index is 12.9. The molecule has 0 unspecified atom stereocenters. The number of nitrogens with one attached hydrogen (secondary N) is 2. The van der Waals surface area contributed by atoms with Gasteiger partial charge in [0, 0.05) is 38.4 Å². The van der Waals surface area contributed by atoms with E-state index >= 15 is 0 Å². The first-order chi connectivity index (χ1) is 11.6. The Labute approximate surface area is 140 Å². The normalized spacial score (nSPS) is 21.2. The first-order valence-corrected chi connectivity index (χ1v) is 8.05. The molecule has 1 aliphatic heterocycles. The highest BCUT2D eigenvalue weighted by Crippen LogP contribution is 2.22. The summed E-state index contributed by atoms with van der Waals surface area (Å²) in [6.07, 6.45) is 8.85. The van der Waals surface area contributed by atoms with Crippen molar-refractivity contribution in [3.63, 3.8) is 0 Å². The molecule has 2 atom stereocenters. The van der Waals surface area contributed by atoms with Crippen LogP contribution in [0, 0.1) is 5.82 Å². The maximum atomic E-state index is 12.9. The predicted octanol–water partition coefficient (Wildman–Crippen LogP) is 2.18. The third kappa shape index (κ3) is 3.89. The molecular weight excluding hydrogens is 307 g/mol. The van der Waals surface area contributed by atoms with Crippen molar-refractivity contribution in [3.8, 4) is 0 Å². The minimum Gasteiger partial charge on any atom is -0.345 e. The molecule has 1 aliphatic rings. The van der Waals surface area contributed by atoms with Crippen LogP contribution in [0.2, 0.25) is 0 Å². The Balaban J connectivity index is 1.61. The minimum atomic E-state index is -0.235. The van der Waals surface area contributed by atoms with Crippen LogP contribution in [-0.4, -0.2) is 28.0 Å². The van der Waals surface area contributed by atoms with Gasteiger partial charge in [0.1, 0.15) is 17.7 Å². The standard InChI is InChI=1S/C18H21FN4O/c1-23-12-11-21-18(23)17-15(8-9-16(24)22-17)20-10-2-3-13-4-6-14(19)7-5-13/h2-7,11-12,15,17,20H,8-10H2,1H3,(H,22,24)/b3-2+/t15-,17-/m1/s1. The molecule has 1 aromatic carbocycles. The SMILES string of the molecule is Cn1ccnc1[C@@H]1NC(=O)CC[C@H]1NC/C=C/c1ccc(F)cc1. The van der Waals surface area contributed by atoms with Crippen molar-refractivity contribution in [2.24, 2.45) is 7.05 Å². The van der Waals surface area contributed by atoms with Crippen LogP contribution in [0.4, 0.5) is 4.39 Å². The van der Waals surface area contributed by atoms with Gasteiger partial charge in [-0.15, -0.1) is 0 Å². The molecule has 1 saturated heterocycles. The van der Waals surface area contributed by atoms with E-state index in [-0.39, 0.29) is 23.8 Å². The third-order valence-electron chi connectivity index (χ3n) is 4.22. The van der Waals surface area contributed by atoms with Gasteiger partial charge < -0.3 is 15.2 Å². The van der Waals surface area contributed by atoms with E-state index in [1.165, 1.54) is 12.1 Å². The van der Waals surface area contributed by atoms with E-state index in [1.54, 1.807) is 18.3 Å². The van der Waals surface area contributed by atoms with Crippen molar-refractivity contribution in [2.75, 3.05) is 6.54 Å². The monoisotopic (exact) mass is 328 g/mol. The second-order valence-corrected chi connectivity index (χ2v) is 5.95. The Kier molecular flexibility index (Phi) is 5.05. The van der Waals surface area contributed by atoms with Crippen LogP contribution >= 0.6 is 0 Å². The first-order valence-electron chi connectivity index (χ1n) is 8.05. The molecule has 6 heteroatoms. The second kappa shape index (κ2) is 7.40. The van der Waals surface area contributed by atoms with E-state index in [4.69, 9.17) is 0 Å². The number of aromatic nitrogens is 2. The lowest BCUT2D eigenvalue weighted by atomic mass is 9.97. The Morgan fingerprint density at radius 2 is 2.21 bits per heavy atom. The van der Waals surface area contributed by atoms with E-state index in [0.29, 0.717) is 13.0 Å². The van der Waals surface area contributed by atoms with Crippen molar-refractivity contribution < 1.29 is 9.18 Å². The number of halogens is 1. The van der Waals surface area contributed by atoms with Gasteiger partial charge in [-0.3, -0.25) is 4.79 Å². The number of hydrogen-bond donors (Lipinski definition) is 2. The second-order valence-electron chi connectivity index (χ2n) is 5.95. The minimum absolute atomic E-state index is 0.0582. The average molecular weight is 328 g/mol. The molecule has 2 heterocycles. The van der Waals surface area contributed by atoms with Crippen molar-refractivity contribution in [1.29, 1.82) is 0 Å². The van der Waals surface area contributed by atoms with E-state index in [0.717, 1.165) is 17.8 Å². The molecule has 0 saturated carbocycles. The number of amides is 1. The highest BCUT2D eigenvalue weighted by atomic mass is 19.1. The van der Waals surface area contributed by atoms with Crippen LogP contribution in [0.15, 0.2) is 42.7 Å². The number of piperidine rings is 1. The lowest BCUT2D eigenvalue weighted by Gasteiger charge is -2.32. The van der Waals surface area contributed by atoms with Crippen LogP contribution < -0.4 is 10.6 Å². The summed E-state index contributed by atoms with van der Waals surface area (Å²) in [5.74, 6) is 0.673. The quantitative estimate of drug-likeness (QED) is 0.884. The zero-order chi connectivity index (χ0) is 16.9. The van der Waals surface area contributed by atoms with Gasteiger partial charge in [0.15, 0.2) is 0 Å². The number of aryl methyl sites for hydroxylation is 1. The summed E-state index contributed by atoms with van der Waals surface area (Å²) in [5, 5.41) is 6.48. The third-order valence-corrected chi connectivity index (χ3v) is 4.22. The van der Waals surface area contributed by atoms with E-state index in [1.807, 2.05) is 30.0 Å². The largest absolute Gasteiger partial charge is 0.345 e. The molecule has 1 aromatic heterocycles. The lowest BCUT2D eigenvalue weighted by Crippen LogP contribution is -2.49. The van der Waals surface area contributed by atoms with Crippen LogP contribution in [0.25, 0.3) is 6.08 Å². The zero-order valence-electron chi connectivity index (χ0n) is 13.6. The number of benzene rings is 1. The van der Waals surface area contributed by atoms with Gasteiger partial charge in [-0.2, -0.15) is 0 Å². The summed E-state index contributed by atoms with van der Waals surface area (Å²) in [6.45, 7) is 0.666. The topological polar surface area (TPSA) is 59.0 Å². The van der Waals surface area contributed by atoms with Crippen molar-refractivity contribution in [2.45, 2.75) is 24.9 Å². The van der Waals surface area contributed by atoms with Gasteiger partial charge in [0.05, 0.1) is 0 Å². The number of nitrogens with zero attached hydrogens (tertiary/aromatic N) is 2. The summed E-state index contributed by atoms with van der Waals surface area (Å²) in [4.78, 5) is 16.1. The number of rotatable bonds is 5. The predicted molar refractivity (Wildman–Crippen MR) is 90.6 cm³/mol. The molecule has 126 valence electrons. The van der Waals surface area contributed by atoms with Gasteiger partial charge in [-0.25, -0.2) is 9.37 Å². The Morgan fingerprint density at radius 3 is 2.92 bits per heavy atom. The van der Waals surface area contributed by atoms with Crippen LogP contribution in [-0.2, 0) is 11.8 Å². The Hall–Kier alpha value is -2.47. The van der Waals surface area contributed by atoms with Crippen LogP contribution in [0.1, 0.15) is 30.3 Å². The highest BCUT2D eigenvalue weighted by Gasteiger charge is 2.31. The summed E-state index contributed by atoms with van der Waals surface area (Å²) in [5.41, 5.74) is 0.954. The fraction of sp³-hybridized carbons (Fsp3) is 0.333. The number of imidazole rings is 1. The molecule has 1 amide bonds. The Bertz CT molecular complexity index is 723. The van der Waals surface area contributed by atoms with Gasteiger partial charge in [0.2, 0.25) is 5.91 Å². The molecule has 0 spiro atoms. The van der Waals surface area contributed by atoms with Gasteiger partial charge in [-0.1, -0.05) is 24.3 Å². The van der Waals surface area contributed by atoms with Crippen molar-refractivity contribution in [3.05, 3.63) is 59.9 Å². The summed E-state index contributed by atoms with van der Waals surface area (Å²) in [6, 6.07) is 6.36. The zero-order valence-corrected chi connectivity index (χ0v) is 13.6. The number of carbonyl (C=O) groups excluding carboxylic acids is 1. The molecule has 0 bridgehead atoms. The molecular formula is C18H21FN4O. The van der Waals surface area contributed by atoms with E-state index in [9.17, 15) is 9.18 Å². The number of carbonyl (C=O) groups is 1. The fourth-order valence-electron chi connectivity index (χ4n) is 2.93. The Morgan fingerprint density at radius 1 is 1.42 bits per heavy atom. The molecule has 2 aromatic rings. The highest BCUT2D eigenvalue weighted by molar-refractivity contribution is 5.77. The van der Waals surface area contributed by atoms with Crippen molar-refractivity contribution >= 4 is 12.0 Å². The molecule has 3 rings (SSSR count). The molecule has 5 nitrogen and oxygen atoms in total.